The Morgan fingerprint density at radius 2 is 1.94 bits per heavy atom. The third kappa shape index (κ3) is 1.76. The van der Waals surface area contributed by atoms with Gasteiger partial charge in [-0.05, 0) is 18.2 Å². The van der Waals surface area contributed by atoms with Crippen LogP contribution in [-0.4, -0.2) is 31.7 Å². The first kappa shape index (κ1) is 9.66. The van der Waals surface area contributed by atoms with Gasteiger partial charge in [-0.1, -0.05) is 0 Å². The molecule has 4 nitrogen and oxygen atoms in total. The zero-order valence-electron chi connectivity index (χ0n) is 8.77. The summed E-state index contributed by atoms with van der Waals surface area (Å²) >= 11 is 0. The van der Waals surface area contributed by atoms with Crippen molar-refractivity contribution in [1.29, 1.82) is 0 Å². The lowest BCUT2D eigenvalue weighted by atomic mass is 10.1. The molecule has 84 valence electrons. The van der Waals surface area contributed by atoms with E-state index in [1.54, 1.807) is 18.2 Å². The van der Waals surface area contributed by atoms with Crippen LogP contribution < -0.4 is 9.47 Å². The van der Waals surface area contributed by atoms with Crippen LogP contribution in [0.25, 0.3) is 0 Å². The highest BCUT2D eigenvalue weighted by Crippen LogP contribution is 2.31. The Kier molecular flexibility index (Phi) is 2.29. The van der Waals surface area contributed by atoms with Crippen LogP contribution in [0, 0.1) is 0 Å². The van der Waals surface area contributed by atoms with Crippen molar-refractivity contribution in [3.8, 4) is 11.5 Å². The van der Waals surface area contributed by atoms with Crippen LogP contribution >= 0.6 is 0 Å². The zero-order chi connectivity index (χ0) is 11.0. The van der Waals surface area contributed by atoms with Gasteiger partial charge in [0.1, 0.15) is 6.10 Å². The Hall–Kier alpha value is -1.55. The quantitative estimate of drug-likeness (QED) is 0.558. The molecular formula is C12H12O4. The van der Waals surface area contributed by atoms with Crippen molar-refractivity contribution in [3.63, 3.8) is 0 Å². The highest BCUT2D eigenvalue weighted by Gasteiger charge is 2.32. The van der Waals surface area contributed by atoms with Crippen molar-refractivity contribution < 1.29 is 19.0 Å². The van der Waals surface area contributed by atoms with E-state index >= 15 is 0 Å². The van der Waals surface area contributed by atoms with Gasteiger partial charge in [0.25, 0.3) is 0 Å². The highest BCUT2D eigenvalue weighted by molar-refractivity contribution is 6.01. The smallest absolute Gasteiger partial charge is 0.194 e. The summed E-state index contributed by atoms with van der Waals surface area (Å²) in [5.41, 5.74) is 0.631. The molecule has 1 saturated heterocycles. The lowest BCUT2D eigenvalue weighted by Crippen LogP contribution is -2.07. The van der Waals surface area contributed by atoms with Gasteiger partial charge < -0.3 is 14.2 Å². The minimum Gasteiger partial charge on any atom is -0.490 e. The summed E-state index contributed by atoms with van der Waals surface area (Å²) in [6.07, 6.45) is 0.619. The first-order valence-corrected chi connectivity index (χ1v) is 5.40. The summed E-state index contributed by atoms with van der Waals surface area (Å²) < 4.78 is 16.0. The minimum atomic E-state index is -0.246. The predicted octanol–water partition coefficient (Wildman–Crippen LogP) is 1.43. The van der Waals surface area contributed by atoms with Crippen LogP contribution in [0.3, 0.4) is 0 Å². The molecule has 1 aromatic carbocycles. The maximum atomic E-state index is 11.8. The minimum absolute atomic E-state index is 0.0237. The average molecular weight is 220 g/mol. The van der Waals surface area contributed by atoms with Gasteiger partial charge in [0, 0.05) is 12.0 Å². The second kappa shape index (κ2) is 3.79. The Balaban J connectivity index is 1.90. The fraction of sp³-hybridized carbons (Fsp3) is 0.417. The number of hydrogen-bond acceptors (Lipinski definition) is 4. The number of benzene rings is 1. The zero-order valence-corrected chi connectivity index (χ0v) is 8.77. The molecule has 1 aromatic rings. The van der Waals surface area contributed by atoms with Crippen LogP contribution in [0.1, 0.15) is 16.8 Å². The first-order valence-electron chi connectivity index (χ1n) is 5.40. The van der Waals surface area contributed by atoms with Crippen molar-refractivity contribution >= 4 is 5.78 Å². The van der Waals surface area contributed by atoms with E-state index in [-0.39, 0.29) is 11.9 Å². The van der Waals surface area contributed by atoms with Crippen molar-refractivity contribution in [2.45, 2.75) is 12.5 Å². The molecule has 0 spiro atoms. The summed E-state index contributed by atoms with van der Waals surface area (Å²) in [6, 6.07) is 5.29. The maximum Gasteiger partial charge on any atom is 0.194 e. The monoisotopic (exact) mass is 220 g/mol. The van der Waals surface area contributed by atoms with Crippen molar-refractivity contribution in [3.05, 3.63) is 23.8 Å². The van der Waals surface area contributed by atoms with Gasteiger partial charge >= 0.3 is 0 Å². The van der Waals surface area contributed by atoms with Crippen LogP contribution in [0.5, 0.6) is 11.5 Å². The number of hydrogen-bond donors (Lipinski definition) is 0. The number of ketones is 1. The van der Waals surface area contributed by atoms with Crippen LogP contribution in [0.4, 0.5) is 0 Å². The molecule has 3 rings (SSSR count). The molecule has 2 aliphatic rings. The fourth-order valence-corrected chi connectivity index (χ4v) is 1.70. The molecule has 0 bridgehead atoms. The summed E-state index contributed by atoms with van der Waals surface area (Å²) in [5, 5.41) is 0. The van der Waals surface area contributed by atoms with Crippen LogP contribution in [-0.2, 0) is 4.74 Å². The second-order valence-corrected chi connectivity index (χ2v) is 3.90. The number of epoxide rings is 1. The molecule has 0 N–H and O–H groups in total. The van der Waals surface area contributed by atoms with Gasteiger partial charge in [-0.15, -0.1) is 0 Å². The molecule has 2 heterocycles. The molecule has 0 aliphatic carbocycles. The molecule has 1 atom stereocenters. The van der Waals surface area contributed by atoms with E-state index in [4.69, 9.17) is 14.2 Å². The van der Waals surface area contributed by atoms with Crippen LogP contribution in [0.15, 0.2) is 18.2 Å². The van der Waals surface area contributed by atoms with Crippen LogP contribution in [0.2, 0.25) is 0 Å². The number of carbonyl (C=O) groups excluding carboxylic acids is 1. The van der Waals surface area contributed by atoms with E-state index in [1.165, 1.54) is 0 Å². The molecule has 1 fully saturated rings. The Labute approximate surface area is 93.1 Å². The molecule has 1 unspecified atom stereocenters. The Morgan fingerprint density at radius 1 is 1.19 bits per heavy atom. The summed E-state index contributed by atoms with van der Waals surface area (Å²) in [5.74, 6) is 1.39. The fourth-order valence-electron chi connectivity index (χ4n) is 1.70. The number of carbonyl (C=O) groups is 1. The molecule has 0 radical (unpaired) electrons. The normalized spacial score (nSPS) is 22.4. The van der Waals surface area contributed by atoms with Crippen molar-refractivity contribution in [2.24, 2.45) is 0 Å². The highest BCUT2D eigenvalue weighted by atomic mass is 16.6. The molecule has 16 heavy (non-hydrogen) atoms. The first-order chi connectivity index (χ1) is 7.84. The molecule has 0 aromatic heterocycles. The summed E-state index contributed by atoms with van der Waals surface area (Å²) in [6.45, 7) is 1.82. The number of rotatable bonds is 2. The lowest BCUT2D eigenvalue weighted by molar-refractivity contribution is 0.0953. The molecule has 4 heteroatoms. The Bertz CT molecular complexity index is 423. The second-order valence-electron chi connectivity index (χ2n) is 3.90. The SMILES string of the molecule is O=C(c1ccc2c(c1)OCCCO2)C1CO1. The molecule has 0 saturated carbocycles. The standard InChI is InChI=1S/C12H12O4/c13-12(11-7-16-11)8-2-3-9-10(6-8)15-5-1-4-14-9/h2-3,6,11H,1,4-5,7H2. The van der Waals surface area contributed by atoms with Crippen molar-refractivity contribution in [1.82, 2.24) is 0 Å². The van der Waals surface area contributed by atoms with E-state index in [0.29, 0.717) is 36.9 Å². The largest absolute Gasteiger partial charge is 0.490 e. The van der Waals surface area contributed by atoms with Gasteiger partial charge in [0.2, 0.25) is 0 Å². The molecular weight excluding hydrogens is 208 g/mol. The summed E-state index contributed by atoms with van der Waals surface area (Å²) in [7, 11) is 0. The number of Topliss-reactive ketones (excluding diaryl/α,β-unsaturated/α-hetero) is 1. The average Bonchev–Trinajstić information content (AvgIpc) is 3.14. The van der Waals surface area contributed by atoms with E-state index in [9.17, 15) is 4.79 Å². The van der Waals surface area contributed by atoms with Gasteiger partial charge in [0.15, 0.2) is 17.3 Å². The molecule has 0 amide bonds. The van der Waals surface area contributed by atoms with Gasteiger partial charge in [-0.3, -0.25) is 4.79 Å². The third-order valence-corrected chi connectivity index (χ3v) is 2.66. The van der Waals surface area contributed by atoms with E-state index in [1.807, 2.05) is 0 Å². The van der Waals surface area contributed by atoms with Gasteiger partial charge in [-0.2, -0.15) is 0 Å². The topological polar surface area (TPSA) is 48.1 Å². The summed E-state index contributed by atoms with van der Waals surface area (Å²) in [4.78, 5) is 11.8. The van der Waals surface area contributed by atoms with E-state index < -0.39 is 0 Å². The number of ether oxygens (including phenoxy) is 3. The predicted molar refractivity (Wildman–Crippen MR) is 56.1 cm³/mol. The number of fused-ring (bicyclic) bond motifs is 1. The Morgan fingerprint density at radius 3 is 2.69 bits per heavy atom. The third-order valence-electron chi connectivity index (χ3n) is 2.66. The van der Waals surface area contributed by atoms with E-state index in [2.05, 4.69) is 0 Å². The molecule has 2 aliphatic heterocycles. The lowest BCUT2D eigenvalue weighted by Gasteiger charge is -2.07. The van der Waals surface area contributed by atoms with Crippen molar-refractivity contribution in [2.75, 3.05) is 19.8 Å². The van der Waals surface area contributed by atoms with Gasteiger partial charge in [0.05, 0.1) is 19.8 Å². The van der Waals surface area contributed by atoms with Gasteiger partial charge in [-0.25, -0.2) is 0 Å². The van der Waals surface area contributed by atoms with E-state index in [0.717, 1.165) is 6.42 Å². The maximum absolute atomic E-state index is 11.8.